The van der Waals surface area contributed by atoms with E-state index in [1.165, 1.54) is 5.56 Å². The molecule has 1 atom stereocenters. The van der Waals surface area contributed by atoms with Crippen molar-refractivity contribution in [1.82, 2.24) is 0 Å². The third kappa shape index (κ3) is 2.38. The van der Waals surface area contributed by atoms with Crippen LogP contribution in [0.5, 0.6) is 0 Å². The van der Waals surface area contributed by atoms with E-state index >= 15 is 0 Å². The molecule has 1 unspecified atom stereocenters. The van der Waals surface area contributed by atoms with Crippen LogP contribution >= 0.6 is 0 Å². The van der Waals surface area contributed by atoms with Crippen molar-refractivity contribution in [3.8, 4) is 0 Å². The van der Waals surface area contributed by atoms with Gasteiger partial charge in [-0.1, -0.05) is 45.0 Å². The van der Waals surface area contributed by atoms with Crippen LogP contribution in [0.1, 0.15) is 50.8 Å². The summed E-state index contributed by atoms with van der Waals surface area (Å²) in [5.74, 6) is 0. The summed E-state index contributed by atoms with van der Waals surface area (Å²) >= 11 is 0. The summed E-state index contributed by atoms with van der Waals surface area (Å²) in [6.45, 7) is 6.82. The molecule has 2 nitrogen and oxygen atoms in total. The third-order valence-corrected chi connectivity index (χ3v) is 4.00. The van der Waals surface area contributed by atoms with Crippen molar-refractivity contribution in [3.63, 3.8) is 0 Å². The van der Waals surface area contributed by atoms with Gasteiger partial charge in [0.1, 0.15) is 0 Å². The maximum Gasteiger partial charge on any atom is 0.0505 e. The Morgan fingerprint density at radius 1 is 1.24 bits per heavy atom. The van der Waals surface area contributed by atoms with E-state index in [-0.39, 0.29) is 23.5 Å². The zero-order valence-electron chi connectivity index (χ0n) is 11.0. The molecule has 0 amide bonds. The summed E-state index contributed by atoms with van der Waals surface area (Å²) in [7, 11) is 0. The molecule has 1 aromatic carbocycles. The SMILES string of the molecule is CC(C)(C)c1ccc(C(N)C2(CO)CC2)cc1. The average molecular weight is 233 g/mol. The topological polar surface area (TPSA) is 46.2 Å². The van der Waals surface area contributed by atoms with Crippen molar-refractivity contribution >= 4 is 0 Å². The van der Waals surface area contributed by atoms with Gasteiger partial charge in [0.15, 0.2) is 0 Å². The van der Waals surface area contributed by atoms with E-state index in [1.54, 1.807) is 0 Å². The fourth-order valence-corrected chi connectivity index (χ4v) is 2.27. The molecule has 0 heterocycles. The normalized spacial score (nSPS) is 20.1. The van der Waals surface area contributed by atoms with Crippen LogP contribution < -0.4 is 5.73 Å². The molecule has 1 aliphatic carbocycles. The number of hydrogen-bond acceptors (Lipinski definition) is 2. The minimum absolute atomic E-state index is 0.0264. The molecule has 1 aliphatic rings. The van der Waals surface area contributed by atoms with Crippen LogP contribution in [0.3, 0.4) is 0 Å². The van der Waals surface area contributed by atoms with Crippen LogP contribution in [0, 0.1) is 5.41 Å². The molecule has 0 saturated heterocycles. The first-order chi connectivity index (χ1) is 7.89. The number of hydrogen-bond donors (Lipinski definition) is 2. The summed E-state index contributed by atoms with van der Waals surface area (Å²) in [5, 5.41) is 9.39. The summed E-state index contributed by atoms with van der Waals surface area (Å²) in [6.07, 6.45) is 2.09. The zero-order chi connectivity index (χ0) is 12.7. The largest absolute Gasteiger partial charge is 0.396 e. The first-order valence-electron chi connectivity index (χ1n) is 6.36. The molecule has 94 valence electrons. The highest BCUT2D eigenvalue weighted by molar-refractivity contribution is 5.31. The highest BCUT2D eigenvalue weighted by Crippen LogP contribution is 2.53. The molecule has 1 saturated carbocycles. The summed E-state index contributed by atoms with van der Waals surface area (Å²) in [4.78, 5) is 0. The second-order valence-electron chi connectivity index (χ2n) is 6.37. The first-order valence-corrected chi connectivity index (χ1v) is 6.36. The van der Waals surface area contributed by atoms with Gasteiger partial charge in [-0.25, -0.2) is 0 Å². The van der Waals surface area contributed by atoms with Gasteiger partial charge in [-0.15, -0.1) is 0 Å². The van der Waals surface area contributed by atoms with Crippen LogP contribution in [0.4, 0.5) is 0 Å². The summed E-state index contributed by atoms with van der Waals surface area (Å²) in [5.41, 5.74) is 8.85. The van der Waals surface area contributed by atoms with E-state index in [2.05, 4.69) is 45.0 Å². The van der Waals surface area contributed by atoms with Crippen LogP contribution in [-0.2, 0) is 5.41 Å². The third-order valence-electron chi connectivity index (χ3n) is 4.00. The smallest absolute Gasteiger partial charge is 0.0505 e. The van der Waals surface area contributed by atoms with Crippen molar-refractivity contribution in [3.05, 3.63) is 35.4 Å². The number of rotatable bonds is 3. The second kappa shape index (κ2) is 4.11. The molecule has 0 aromatic heterocycles. The van der Waals surface area contributed by atoms with Gasteiger partial charge in [0.25, 0.3) is 0 Å². The Morgan fingerprint density at radius 3 is 2.12 bits per heavy atom. The quantitative estimate of drug-likeness (QED) is 0.843. The highest BCUT2D eigenvalue weighted by atomic mass is 16.3. The molecular formula is C15H23NO. The number of aliphatic hydroxyl groups is 1. The lowest BCUT2D eigenvalue weighted by atomic mass is 9.84. The predicted octanol–water partition coefficient (Wildman–Crippen LogP) is 2.76. The molecule has 0 spiro atoms. The van der Waals surface area contributed by atoms with Gasteiger partial charge in [-0.05, 0) is 29.4 Å². The van der Waals surface area contributed by atoms with E-state index in [0.717, 1.165) is 18.4 Å². The molecule has 0 bridgehead atoms. The van der Waals surface area contributed by atoms with Gasteiger partial charge in [-0.3, -0.25) is 0 Å². The van der Waals surface area contributed by atoms with Gasteiger partial charge in [0, 0.05) is 11.5 Å². The maximum atomic E-state index is 9.39. The van der Waals surface area contributed by atoms with Gasteiger partial charge < -0.3 is 10.8 Å². The molecule has 0 aliphatic heterocycles. The first kappa shape index (κ1) is 12.6. The second-order valence-corrected chi connectivity index (χ2v) is 6.37. The van der Waals surface area contributed by atoms with Crippen molar-refractivity contribution < 1.29 is 5.11 Å². The van der Waals surface area contributed by atoms with E-state index < -0.39 is 0 Å². The molecule has 0 radical (unpaired) electrons. The van der Waals surface area contributed by atoms with E-state index in [9.17, 15) is 5.11 Å². The number of aliphatic hydroxyl groups excluding tert-OH is 1. The Bertz CT molecular complexity index is 384. The molecule has 1 fully saturated rings. The zero-order valence-corrected chi connectivity index (χ0v) is 11.0. The molecule has 2 heteroatoms. The van der Waals surface area contributed by atoms with Crippen molar-refractivity contribution in [2.24, 2.45) is 11.1 Å². The minimum atomic E-state index is -0.0384. The lowest BCUT2D eigenvalue weighted by Crippen LogP contribution is -2.26. The predicted molar refractivity (Wildman–Crippen MR) is 70.8 cm³/mol. The molecule has 2 rings (SSSR count). The number of nitrogens with two attached hydrogens (primary N) is 1. The van der Waals surface area contributed by atoms with Crippen molar-refractivity contribution in [2.45, 2.75) is 45.1 Å². The molecule has 3 N–H and O–H groups in total. The minimum Gasteiger partial charge on any atom is -0.396 e. The monoisotopic (exact) mass is 233 g/mol. The maximum absolute atomic E-state index is 9.39. The Labute approximate surface area is 104 Å². The van der Waals surface area contributed by atoms with Crippen LogP contribution in [0.2, 0.25) is 0 Å². The van der Waals surface area contributed by atoms with Gasteiger partial charge in [-0.2, -0.15) is 0 Å². The Kier molecular flexibility index (Phi) is 3.04. The standard InChI is InChI=1S/C15H23NO/c1-14(2,3)12-6-4-11(5-7-12)13(16)15(10-17)8-9-15/h4-7,13,17H,8-10,16H2,1-3H3. The number of benzene rings is 1. The van der Waals surface area contributed by atoms with Crippen molar-refractivity contribution in [2.75, 3.05) is 6.61 Å². The van der Waals surface area contributed by atoms with Gasteiger partial charge in [0.2, 0.25) is 0 Å². The lowest BCUT2D eigenvalue weighted by molar-refractivity contribution is 0.187. The van der Waals surface area contributed by atoms with Gasteiger partial charge >= 0.3 is 0 Å². The van der Waals surface area contributed by atoms with Gasteiger partial charge in [0.05, 0.1) is 6.61 Å². The summed E-state index contributed by atoms with van der Waals surface area (Å²) in [6, 6.07) is 8.51. The highest BCUT2D eigenvalue weighted by Gasteiger charge is 2.47. The van der Waals surface area contributed by atoms with E-state index in [4.69, 9.17) is 5.73 Å². The molecule has 17 heavy (non-hydrogen) atoms. The Morgan fingerprint density at radius 2 is 1.76 bits per heavy atom. The Balaban J connectivity index is 2.19. The fraction of sp³-hybridized carbons (Fsp3) is 0.600. The van der Waals surface area contributed by atoms with E-state index in [0.29, 0.717) is 0 Å². The average Bonchev–Trinajstić information content (AvgIpc) is 3.08. The van der Waals surface area contributed by atoms with Crippen LogP contribution in [-0.4, -0.2) is 11.7 Å². The van der Waals surface area contributed by atoms with Crippen molar-refractivity contribution in [1.29, 1.82) is 0 Å². The molecular weight excluding hydrogens is 210 g/mol. The fourth-order valence-electron chi connectivity index (χ4n) is 2.27. The Hall–Kier alpha value is -0.860. The summed E-state index contributed by atoms with van der Waals surface area (Å²) < 4.78 is 0. The van der Waals surface area contributed by atoms with Crippen LogP contribution in [0.25, 0.3) is 0 Å². The molecule has 1 aromatic rings. The van der Waals surface area contributed by atoms with Crippen LogP contribution in [0.15, 0.2) is 24.3 Å². The van der Waals surface area contributed by atoms with E-state index in [1.807, 2.05) is 0 Å². The lowest BCUT2D eigenvalue weighted by Gasteiger charge is -2.23.